The molecule has 0 spiro atoms. The molecule has 0 saturated carbocycles. The second-order valence-electron chi connectivity index (χ2n) is 6.09. The Kier molecular flexibility index (Phi) is 7.29. The molecule has 2 rings (SSSR count). The number of hydrogen-bond acceptors (Lipinski definition) is 4. The highest BCUT2D eigenvalue weighted by Gasteiger charge is 2.21. The fraction of sp³-hybridized carbons (Fsp3) is 0.526. The number of halogens is 1. The molecular weight excluding hydrogens is 336 g/mol. The fourth-order valence-electron chi connectivity index (χ4n) is 3.32. The van der Waals surface area contributed by atoms with E-state index in [1.54, 1.807) is 11.8 Å². The minimum absolute atomic E-state index is 0.228. The lowest BCUT2D eigenvalue weighted by molar-refractivity contribution is 0.213. The quantitative estimate of drug-likeness (QED) is 0.738. The largest absolute Gasteiger partial charge is 0.481 e. The van der Waals surface area contributed by atoms with Gasteiger partial charge in [0.05, 0.1) is 18.4 Å². The van der Waals surface area contributed by atoms with E-state index in [-0.39, 0.29) is 6.04 Å². The highest BCUT2D eigenvalue weighted by molar-refractivity contribution is 6.31. The average molecular weight is 365 g/mol. The number of aromatic nitrogens is 2. The van der Waals surface area contributed by atoms with E-state index in [4.69, 9.17) is 16.3 Å². The van der Waals surface area contributed by atoms with E-state index >= 15 is 0 Å². The van der Waals surface area contributed by atoms with Crippen molar-refractivity contribution in [2.75, 3.05) is 26.7 Å². The first-order chi connectivity index (χ1) is 12.0. The summed E-state index contributed by atoms with van der Waals surface area (Å²) in [6.45, 7) is 9.85. The van der Waals surface area contributed by atoms with Crippen LogP contribution in [0.1, 0.15) is 36.7 Å². The Bertz CT molecular complexity index is 682. The summed E-state index contributed by atoms with van der Waals surface area (Å²) < 4.78 is 7.26. The lowest BCUT2D eigenvalue weighted by Gasteiger charge is -2.31. The molecule has 1 unspecified atom stereocenters. The van der Waals surface area contributed by atoms with Gasteiger partial charge in [-0.3, -0.25) is 4.90 Å². The van der Waals surface area contributed by atoms with Gasteiger partial charge in [-0.25, -0.2) is 4.68 Å². The Labute approximate surface area is 155 Å². The summed E-state index contributed by atoms with van der Waals surface area (Å²) in [6.07, 6.45) is 0. The summed E-state index contributed by atoms with van der Waals surface area (Å²) in [5.41, 5.74) is 3.25. The number of likely N-dealkylation sites (N-methyl/N-ethyl adjacent to an activating group) is 1. The first-order valence-electron chi connectivity index (χ1n) is 8.79. The lowest BCUT2D eigenvalue weighted by Crippen LogP contribution is -2.36. The predicted octanol–water partition coefficient (Wildman–Crippen LogP) is 3.56. The lowest BCUT2D eigenvalue weighted by atomic mass is 10.0. The zero-order valence-corrected chi connectivity index (χ0v) is 16.6. The van der Waals surface area contributed by atoms with Crippen molar-refractivity contribution in [3.63, 3.8) is 0 Å². The molecule has 0 saturated heterocycles. The van der Waals surface area contributed by atoms with Crippen LogP contribution in [0.4, 0.5) is 0 Å². The van der Waals surface area contributed by atoms with Crippen molar-refractivity contribution in [2.24, 2.45) is 7.05 Å². The summed E-state index contributed by atoms with van der Waals surface area (Å²) in [7, 11) is 3.58. The first kappa shape index (κ1) is 19.8. The summed E-state index contributed by atoms with van der Waals surface area (Å²) in [4.78, 5) is 2.42. The van der Waals surface area contributed by atoms with Crippen molar-refractivity contribution in [1.29, 1.82) is 0 Å². The van der Waals surface area contributed by atoms with Crippen LogP contribution in [0.3, 0.4) is 0 Å². The molecule has 0 fully saturated rings. The smallest absolute Gasteiger partial charge is 0.216 e. The van der Waals surface area contributed by atoms with Crippen LogP contribution in [0.2, 0.25) is 5.02 Å². The van der Waals surface area contributed by atoms with Crippen LogP contribution >= 0.6 is 11.6 Å². The molecule has 5 nitrogen and oxygen atoms in total. The van der Waals surface area contributed by atoms with Crippen molar-refractivity contribution in [1.82, 2.24) is 20.0 Å². The minimum Gasteiger partial charge on any atom is -0.481 e. The molecule has 6 heteroatoms. The Morgan fingerprint density at radius 1 is 1.28 bits per heavy atom. The zero-order chi connectivity index (χ0) is 18.4. The summed E-state index contributed by atoms with van der Waals surface area (Å²) >= 11 is 6.46. The summed E-state index contributed by atoms with van der Waals surface area (Å²) in [6, 6.07) is 8.32. The van der Waals surface area contributed by atoms with Gasteiger partial charge in [0.2, 0.25) is 5.88 Å². The fourth-order valence-corrected chi connectivity index (χ4v) is 3.58. The zero-order valence-electron chi connectivity index (χ0n) is 15.8. The van der Waals surface area contributed by atoms with Crippen LogP contribution in [0.25, 0.3) is 0 Å². The van der Waals surface area contributed by atoms with Crippen molar-refractivity contribution in [2.45, 2.75) is 33.4 Å². The predicted molar refractivity (Wildman–Crippen MR) is 103 cm³/mol. The molecule has 1 N–H and O–H groups in total. The molecular formula is C19H29ClN4O. The summed E-state index contributed by atoms with van der Waals surface area (Å²) in [5.74, 6) is 0.808. The third-order valence-electron chi connectivity index (χ3n) is 4.64. The number of aryl methyl sites for hydroxylation is 2. The maximum Gasteiger partial charge on any atom is 0.216 e. The molecule has 2 aromatic rings. The van der Waals surface area contributed by atoms with Gasteiger partial charge in [0, 0.05) is 31.2 Å². The molecule has 0 aliphatic rings. The Morgan fingerprint density at radius 3 is 2.56 bits per heavy atom. The van der Waals surface area contributed by atoms with Crippen LogP contribution in [0.15, 0.2) is 24.3 Å². The van der Waals surface area contributed by atoms with Crippen LogP contribution in [-0.4, -0.2) is 41.4 Å². The normalized spacial score (nSPS) is 12.6. The van der Waals surface area contributed by atoms with Gasteiger partial charge in [0.15, 0.2) is 0 Å². The van der Waals surface area contributed by atoms with Gasteiger partial charge < -0.3 is 10.1 Å². The summed E-state index contributed by atoms with van der Waals surface area (Å²) in [5, 5.41) is 8.83. The molecule has 25 heavy (non-hydrogen) atoms. The number of nitrogens with zero attached hydrogens (tertiary/aromatic N) is 3. The molecule has 0 amide bonds. The Hall–Kier alpha value is -1.56. The number of hydrogen-bond donors (Lipinski definition) is 1. The SMILES string of the molecule is CCN(CC)C(CNCc1c(C)nn(C)c1OC)c1ccccc1Cl. The molecule has 0 bridgehead atoms. The van der Waals surface area contributed by atoms with Crippen molar-refractivity contribution < 1.29 is 4.74 Å². The third-order valence-corrected chi connectivity index (χ3v) is 4.98. The Morgan fingerprint density at radius 2 is 1.96 bits per heavy atom. The number of benzene rings is 1. The maximum atomic E-state index is 6.46. The van der Waals surface area contributed by atoms with Gasteiger partial charge in [-0.2, -0.15) is 5.10 Å². The number of ether oxygens (including phenoxy) is 1. The molecule has 0 aliphatic heterocycles. The molecule has 0 aliphatic carbocycles. The first-order valence-corrected chi connectivity index (χ1v) is 9.16. The van der Waals surface area contributed by atoms with Crippen molar-refractivity contribution in [3.8, 4) is 5.88 Å². The van der Waals surface area contributed by atoms with E-state index in [1.165, 1.54) is 0 Å². The second-order valence-corrected chi connectivity index (χ2v) is 6.49. The number of methoxy groups -OCH3 is 1. The van der Waals surface area contributed by atoms with E-state index in [9.17, 15) is 0 Å². The standard InChI is InChI=1S/C19H29ClN4O/c1-6-24(7-2)18(15-10-8-9-11-17(15)20)13-21-12-16-14(3)22-23(4)19(16)25-5/h8-11,18,21H,6-7,12-13H2,1-5H3. The number of rotatable bonds is 9. The molecule has 0 radical (unpaired) electrons. The van der Waals surface area contributed by atoms with E-state index in [1.807, 2.05) is 32.2 Å². The van der Waals surface area contributed by atoms with E-state index in [2.05, 4.69) is 35.2 Å². The van der Waals surface area contributed by atoms with Crippen LogP contribution < -0.4 is 10.1 Å². The van der Waals surface area contributed by atoms with Gasteiger partial charge in [-0.1, -0.05) is 43.6 Å². The van der Waals surface area contributed by atoms with E-state index in [0.29, 0.717) is 6.54 Å². The molecule has 1 aromatic heterocycles. The topological polar surface area (TPSA) is 42.3 Å². The average Bonchev–Trinajstić information content (AvgIpc) is 2.88. The van der Waals surface area contributed by atoms with Crippen LogP contribution in [-0.2, 0) is 13.6 Å². The van der Waals surface area contributed by atoms with Gasteiger partial charge in [-0.05, 0) is 31.6 Å². The van der Waals surface area contributed by atoms with E-state index < -0.39 is 0 Å². The van der Waals surface area contributed by atoms with Crippen molar-refractivity contribution in [3.05, 3.63) is 46.1 Å². The minimum atomic E-state index is 0.228. The van der Waals surface area contributed by atoms with Gasteiger partial charge in [-0.15, -0.1) is 0 Å². The highest BCUT2D eigenvalue weighted by Crippen LogP contribution is 2.27. The van der Waals surface area contributed by atoms with Gasteiger partial charge in [0.25, 0.3) is 0 Å². The van der Waals surface area contributed by atoms with Crippen LogP contribution in [0.5, 0.6) is 5.88 Å². The van der Waals surface area contributed by atoms with Crippen LogP contribution in [0, 0.1) is 6.92 Å². The Balaban J connectivity index is 2.15. The highest BCUT2D eigenvalue weighted by atomic mass is 35.5. The number of nitrogens with one attached hydrogen (secondary N) is 1. The second kappa shape index (κ2) is 9.22. The molecule has 1 aromatic carbocycles. The third kappa shape index (κ3) is 4.54. The van der Waals surface area contributed by atoms with Gasteiger partial charge in [0.1, 0.15) is 0 Å². The molecule has 1 heterocycles. The monoisotopic (exact) mass is 364 g/mol. The van der Waals surface area contributed by atoms with Crippen molar-refractivity contribution >= 4 is 11.6 Å². The maximum absolute atomic E-state index is 6.46. The molecule has 138 valence electrons. The molecule has 1 atom stereocenters. The van der Waals surface area contributed by atoms with Gasteiger partial charge >= 0.3 is 0 Å². The van der Waals surface area contributed by atoms with E-state index in [0.717, 1.165) is 47.4 Å².